The van der Waals surface area contributed by atoms with Crippen molar-refractivity contribution in [1.82, 2.24) is 15.1 Å². The third-order valence-corrected chi connectivity index (χ3v) is 4.24. The Balaban J connectivity index is 1.82. The van der Waals surface area contributed by atoms with Crippen LogP contribution in [-0.4, -0.2) is 55.5 Å². The van der Waals surface area contributed by atoms with Crippen LogP contribution in [0.15, 0.2) is 41.4 Å². The summed E-state index contributed by atoms with van der Waals surface area (Å²) in [6, 6.07) is 8.71. The normalized spacial score (nSPS) is 17.5. The zero-order valence-corrected chi connectivity index (χ0v) is 15.1. The van der Waals surface area contributed by atoms with E-state index >= 15 is 0 Å². The van der Waals surface area contributed by atoms with E-state index in [2.05, 4.69) is 58.0 Å². The first-order valence-corrected chi connectivity index (χ1v) is 8.70. The summed E-state index contributed by atoms with van der Waals surface area (Å²) in [6.45, 7) is 12.8. The number of likely N-dealkylation sites (N-methyl/N-ethyl adjacent to an activating group) is 1. The highest BCUT2D eigenvalue weighted by Gasteiger charge is 2.12. The van der Waals surface area contributed by atoms with E-state index in [1.807, 2.05) is 6.92 Å². The molecule has 0 bridgehead atoms. The van der Waals surface area contributed by atoms with Gasteiger partial charge in [-0.1, -0.05) is 36.4 Å². The van der Waals surface area contributed by atoms with Crippen molar-refractivity contribution in [1.29, 1.82) is 0 Å². The fourth-order valence-electron chi connectivity index (χ4n) is 2.74. The van der Waals surface area contributed by atoms with Crippen LogP contribution >= 0.6 is 0 Å². The van der Waals surface area contributed by atoms with Crippen molar-refractivity contribution in [2.45, 2.75) is 26.4 Å². The summed E-state index contributed by atoms with van der Waals surface area (Å²) in [5, 5.41) is 3.04. The molecule has 1 fully saturated rings. The molecule has 0 spiro atoms. The molecule has 5 nitrogen and oxygen atoms in total. The highest BCUT2D eigenvalue weighted by atomic mass is 15.2. The van der Waals surface area contributed by atoms with Crippen molar-refractivity contribution in [3.63, 3.8) is 0 Å². The van der Waals surface area contributed by atoms with Crippen molar-refractivity contribution in [2.24, 2.45) is 10.7 Å². The quantitative estimate of drug-likeness (QED) is 0.475. The summed E-state index contributed by atoms with van der Waals surface area (Å²) in [7, 11) is 2.20. The summed E-state index contributed by atoms with van der Waals surface area (Å²) in [4.78, 5) is 9.31. The van der Waals surface area contributed by atoms with Gasteiger partial charge in [0.2, 0.25) is 0 Å². The van der Waals surface area contributed by atoms with Gasteiger partial charge >= 0.3 is 0 Å². The number of aliphatic imine (C=N–C) groups is 1. The molecule has 0 radical (unpaired) electrons. The predicted molar refractivity (Wildman–Crippen MR) is 102 cm³/mol. The topological polar surface area (TPSA) is 56.9 Å². The lowest BCUT2D eigenvalue weighted by atomic mass is 10.1. The minimum atomic E-state index is 0.468. The third-order valence-electron chi connectivity index (χ3n) is 4.24. The lowest BCUT2D eigenvalue weighted by Crippen LogP contribution is -2.32. The Bertz CT molecular complexity index is 549. The van der Waals surface area contributed by atoms with Gasteiger partial charge in [0.15, 0.2) is 5.96 Å². The molecule has 132 valence electrons. The zero-order chi connectivity index (χ0) is 17.4. The predicted octanol–water partition coefficient (Wildman–Crippen LogP) is 1.80. The second kappa shape index (κ2) is 9.45. The molecule has 2 rings (SSSR count). The molecule has 0 saturated carbocycles. The molecule has 3 N–H and O–H groups in total. The summed E-state index contributed by atoms with van der Waals surface area (Å²) < 4.78 is 0. The molecule has 1 aromatic rings. The van der Waals surface area contributed by atoms with Crippen LogP contribution in [0.2, 0.25) is 0 Å². The van der Waals surface area contributed by atoms with Gasteiger partial charge in [0.05, 0.1) is 6.54 Å². The Labute approximate surface area is 146 Å². The lowest BCUT2D eigenvalue weighted by molar-refractivity contribution is 0.269. The highest BCUT2D eigenvalue weighted by molar-refractivity contribution is 5.78. The second-order valence-corrected chi connectivity index (χ2v) is 6.76. The maximum atomic E-state index is 5.84. The number of rotatable bonds is 6. The maximum Gasteiger partial charge on any atom is 0.189 e. The molecule has 1 saturated heterocycles. The van der Waals surface area contributed by atoms with Gasteiger partial charge in [-0.25, -0.2) is 4.99 Å². The number of nitrogens with zero attached hydrogens (tertiary/aromatic N) is 3. The smallest absolute Gasteiger partial charge is 0.189 e. The van der Waals surface area contributed by atoms with E-state index in [0.717, 1.165) is 25.2 Å². The van der Waals surface area contributed by atoms with Gasteiger partial charge in [-0.3, -0.25) is 4.90 Å². The molecular weight excluding hydrogens is 298 g/mol. The van der Waals surface area contributed by atoms with Crippen molar-refractivity contribution in [3.8, 4) is 0 Å². The Kier molecular flexibility index (Phi) is 7.28. The van der Waals surface area contributed by atoms with Gasteiger partial charge in [-0.05, 0) is 44.6 Å². The molecule has 1 aliphatic rings. The number of hydrogen-bond acceptors (Lipinski definition) is 3. The van der Waals surface area contributed by atoms with E-state index in [-0.39, 0.29) is 0 Å². The number of nitrogens with two attached hydrogens (primary N) is 1. The number of hydrogen-bond donors (Lipinski definition) is 2. The van der Waals surface area contributed by atoms with Crippen molar-refractivity contribution in [2.75, 3.05) is 39.8 Å². The molecule has 5 heteroatoms. The average molecular weight is 329 g/mol. The molecule has 1 aliphatic heterocycles. The van der Waals surface area contributed by atoms with Crippen LogP contribution in [0.1, 0.15) is 24.5 Å². The second-order valence-electron chi connectivity index (χ2n) is 6.76. The minimum absolute atomic E-state index is 0.468. The zero-order valence-electron chi connectivity index (χ0n) is 15.1. The van der Waals surface area contributed by atoms with E-state index in [4.69, 9.17) is 5.73 Å². The Hall–Kier alpha value is -1.85. The first-order valence-electron chi connectivity index (χ1n) is 8.70. The van der Waals surface area contributed by atoms with Gasteiger partial charge in [-0.2, -0.15) is 0 Å². The van der Waals surface area contributed by atoms with Crippen LogP contribution in [0.4, 0.5) is 0 Å². The monoisotopic (exact) mass is 329 g/mol. The number of benzene rings is 1. The van der Waals surface area contributed by atoms with Crippen LogP contribution in [0.25, 0.3) is 0 Å². The Morgan fingerprint density at radius 1 is 1.17 bits per heavy atom. The molecule has 1 aromatic carbocycles. The third kappa shape index (κ3) is 6.72. The van der Waals surface area contributed by atoms with E-state index in [1.54, 1.807) is 0 Å². The van der Waals surface area contributed by atoms with Gasteiger partial charge in [0, 0.05) is 26.2 Å². The molecule has 0 atom stereocenters. The molecule has 0 unspecified atom stereocenters. The first-order chi connectivity index (χ1) is 11.5. The van der Waals surface area contributed by atoms with Crippen LogP contribution < -0.4 is 11.1 Å². The molecule has 0 aromatic heterocycles. The van der Waals surface area contributed by atoms with Crippen LogP contribution in [0.3, 0.4) is 0 Å². The maximum absolute atomic E-state index is 5.84. The fourth-order valence-corrected chi connectivity index (χ4v) is 2.74. The number of guanidine groups is 1. The summed E-state index contributed by atoms with van der Waals surface area (Å²) in [6.07, 6.45) is 1.25. The average Bonchev–Trinajstić information content (AvgIpc) is 2.77. The van der Waals surface area contributed by atoms with E-state index in [0.29, 0.717) is 19.0 Å². The SMILES string of the molecule is C=C(C)CNC(N)=NCc1ccc(CN2CCCN(C)CC2)cc1. The van der Waals surface area contributed by atoms with Crippen LogP contribution in [0, 0.1) is 0 Å². The van der Waals surface area contributed by atoms with E-state index in [1.165, 1.54) is 30.6 Å². The van der Waals surface area contributed by atoms with Gasteiger partial charge in [0.1, 0.15) is 0 Å². The molecular formula is C19H31N5. The Morgan fingerprint density at radius 3 is 2.58 bits per heavy atom. The summed E-state index contributed by atoms with van der Waals surface area (Å²) in [5.74, 6) is 0.468. The van der Waals surface area contributed by atoms with Gasteiger partial charge in [0.25, 0.3) is 0 Å². The fraction of sp³-hybridized carbons (Fsp3) is 0.526. The Morgan fingerprint density at radius 2 is 1.88 bits per heavy atom. The minimum Gasteiger partial charge on any atom is -0.370 e. The van der Waals surface area contributed by atoms with Crippen molar-refractivity contribution < 1.29 is 0 Å². The van der Waals surface area contributed by atoms with Gasteiger partial charge in [-0.15, -0.1) is 0 Å². The van der Waals surface area contributed by atoms with E-state index < -0.39 is 0 Å². The van der Waals surface area contributed by atoms with Crippen LogP contribution in [-0.2, 0) is 13.1 Å². The van der Waals surface area contributed by atoms with Crippen molar-refractivity contribution >= 4 is 5.96 Å². The van der Waals surface area contributed by atoms with Crippen LogP contribution in [0.5, 0.6) is 0 Å². The highest BCUT2D eigenvalue weighted by Crippen LogP contribution is 2.10. The molecule has 0 aliphatic carbocycles. The summed E-state index contributed by atoms with van der Waals surface area (Å²) in [5.41, 5.74) is 9.41. The van der Waals surface area contributed by atoms with Crippen molar-refractivity contribution in [3.05, 3.63) is 47.5 Å². The molecule has 1 heterocycles. The largest absolute Gasteiger partial charge is 0.370 e. The first kappa shape index (κ1) is 18.5. The number of nitrogens with one attached hydrogen (secondary N) is 1. The standard InChI is InChI=1S/C19H31N5/c1-16(2)13-21-19(20)22-14-17-5-7-18(8-6-17)15-24-10-4-9-23(3)11-12-24/h5-8H,1,4,9-15H2,2-3H3,(H3,20,21,22). The van der Waals surface area contributed by atoms with Gasteiger partial charge < -0.3 is 16.0 Å². The lowest BCUT2D eigenvalue weighted by Gasteiger charge is -2.20. The van der Waals surface area contributed by atoms with E-state index in [9.17, 15) is 0 Å². The summed E-state index contributed by atoms with van der Waals surface area (Å²) >= 11 is 0. The molecule has 24 heavy (non-hydrogen) atoms. The molecule has 0 amide bonds.